The Bertz CT molecular complexity index is 394. The third-order valence-corrected chi connectivity index (χ3v) is 3.49. The molecule has 0 saturated carbocycles. The van der Waals surface area contributed by atoms with Crippen molar-refractivity contribution in [2.75, 3.05) is 38.3 Å². The van der Waals surface area contributed by atoms with Crippen molar-refractivity contribution in [2.45, 2.75) is 32.0 Å². The Morgan fingerprint density at radius 2 is 2.37 bits per heavy atom. The van der Waals surface area contributed by atoms with Crippen molar-refractivity contribution in [1.29, 1.82) is 0 Å². The van der Waals surface area contributed by atoms with Gasteiger partial charge in [0.25, 0.3) is 0 Å². The molecule has 6 heteroatoms. The molecule has 2 heterocycles. The van der Waals surface area contributed by atoms with Gasteiger partial charge < -0.3 is 24.7 Å². The van der Waals surface area contributed by atoms with Gasteiger partial charge in [0, 0.05) is 38.6 Å². The Balaban J connectivity index is 2.11. The first-order valence-electron chi connectivity index (χ1n) is 6.77. The molecule has 2 N–H and O–H groups in total. The van der Waals surface area contributed by atoms with Crippen molar-refractivity contribution in [2.24, 2.45) is 5.73 Å². The summed E-state index contributed by atoms with van der Waals surface area (Å²) in [5, 5.41) is 0. The number of nitrogens with zero attached hydrogens (tertiary/aromatic N) is 3. The molecule has 0 radical (unpaired) electrons. The number of aromatic nitrogens is 2. The lowest BCUT2D eigenvalue weighted by Crippen LogP contribution is -2.50. The van der Waals surface area contributed by atoms with Crippen LogP contribution >= 0.6 is 0 Å². The van der Waals surface area contributed by atoms with Crippen LogP contribution in [-0.2, 0) is 9.47 Å². The average molecular weight is 268 g/mol. The number of nitrogens with two attached hydrogens (primary N) is 1. The summed E-state index contributed by atoms with van der Waals surface area (Å²) >= 11 is 0. The monoisotopic (exact) mass is 268 g/mol. The molecule has 0 amide bonds. The van der Waals surface area contributed by atoms with E-state index in [2.05, 4.69) is 21.4 Å². The fourth-order valence-corrected chi connectivity index (χ4v) is 2.39. The normalized spacial score (nSPS) is 23.4. The SMILES string of the molecule is COCC(C)n1ccnc1N1CCOC(C(C)N)C1. The summed E-state index contributed by atoms with van der Waals surface area (Å²) in [7, 11) is 1.72. The van der Waals surface area contributed by atoms with Crippen LogP contribution in [0, 0.1) is 0 Å². The van der Waals surface area contributed by atoms with Crippen molar-refractivity contribution in [3.05, 3.63) is 12.4 Å². The van der Waals surface area contributed by atoms with Gasteiger partial charge in [-0.25, -0.2) is 4.98 Å². The van der Waals surface area contributed by atoms with Gasteiger partial charge in [-0.15, -0.1) is 0 Å². The number of anilines is 1. The topological polar surface area (TPSA) is 65.5 Å². The number of ether oxygens (including phenoxy) is 2. The van der Waals surface area contributed by atoms with E-state index in [-0.39, 0.29) is 18.2 Å². The Hall–Kier alpha value is -1.11. The minimum atomic E-state index is 0.0302. The molecule has 1 saturated heterocycles. The lowest BCUT2D eigenvalue weighted by Gasteiger charge is -2.36. The summed E-state index contributed by atoms with van der Waals surface area (Å²) in [5.74, 6) is 0.971. The van der Waals surface area contributed by atoms with E-state index >= 15 is 0 Å². The van der Waals surface area contributed by atoms with Gasteiger partial charge >= 0.3 is 0 Å². The molecule has 3 unspecified atom stereocenters. The molecule has 3 atom stereocenters. The van der Waals surface area contributed by atoms with Crippen LogP contribution in [0.2, 0.25) is 0 Å². The molecule has 1 aromatic rings. The zero-order valence-electron chi connectivity index (χ0n) is 12.0. The van der Waals surface area contributed by atoms with E-state index in [1.165, 1.54) is 0 Å². The summed E-state index contributed by atoms with van der Waals surface area (Å²) in [5.41, 5.74) is 5.93. The second-order valence-corrected chi connectivity index (χ2v) is 5.15. The van der Waals surface area contributed by atoms with Crippen molar-refractivity contribution in [3.8, 4) is 0 Å². The third-order valence-electron chi connectivity index (χ3n) is 3.49. The van der Waals surface area contributed by atoms with Crippen molar-refractivity contribution >= 4 is 5.95 Å². The molecular formula is C13H24N4O2. The van der Waals surface area contributed by atoms with Gasteiger partial charge in [0.1, 0.15) is 0 Å². The predicted molar refractivity (Wildman–Crippen MR) is 74.4 cm³/mol. The molecule has 1 aliphatic rings. The average Bonchev–Trinajstić information content (AvgIpc) is 2.88. The molecular weight excluding hydrogens is 244 g/mol. The van der Waals surface area contributed by atoms with Crippen molar-refractivity contribution < 1.29 is 9.47 Å². The number of rotatable bonds is 5. The largest absolute Gasteiger partial charge is 0.383 e. The molecule has 0 aliphatic carbocycles. The Morgan fingerprint density at radius 1 is 1.58 bits per heavy atom. The summed E-state index contributed by atoms with van der Waals surface area (Å²) in [6.07, 6.45) is 3.89. The van der Waals surface area contributed by atoms with Crippen molar-refractivity contribution in [1.82, 2.24) is 9.55 Å². The van der Waals surface area contributed by atoms with Crippen LogP contribution in [0.1, 0.15) is 19.9 Å². The maximum absolute atomic E-state index is 5.93. The van der Waals surface area contributed by atoms with Gasteiger partial charge in [-0.1, -0.05) is 0 Å². The number of methoxy groups -OCH3 is 1. The first-order valence-corrected chi connectivity index (χ1v) is 6.77. The van der Waals surface area contributed by atoms with E-state index in [0.717, 1.165) is 19.0 Å². The van der Waals surface area contributed by atoms with Gasteiger partial charge in [0.05, 0.1) is 25.4 Å². The number of imidazole rings is 1. The molecule has 108 valence electrons. The standard InChI is InChI=1S/C13H24N4O2/c1-10(9-18-3)17-5-4-15-13(17)16-6-7-19-12(8-16)11(2)14/h4-5,10-12H,6-9,14H2,1-3H3. The lowest BCUT2D eigenvalue weighted by atomic mass is 10.1. The Morgan fingerprint density at radius 3 is 3.05 bits per heavy atom. The molecule has 0 bridgehead atoms. The number of hydrogen-bond acceptors (Lipinski definition) is 5. The highest BCUT2D eigenvalue weighted by molar-refractivity contribution is 5.33. The number of morpholine rings is 1. The fraction of sp³-hybridized carbons (Fsp3) is 0.769. The zero-order valence-corrected chi connectivity index (χ0v) is 12.0. The molecule has 2 rings (SSSR count). The minimum Gasteiger partial charge on any atom is -0.383 e. The molecule has 0 spiro atoms. The maximum atomic E-state index is 5.93. The van der Waals surface area contributed by atoms with Crippen LogP contribution in [0.3, 0.4) is 0 Å². The Kier molecular flexibility index (Phi) is 4.79. The molecule has 19 heavy (non-hydrogen) atoms. The molecule has 1 aromatic heterocycles. The van der Waals surface area contributed by atoms with E-state index in [4.69, 9.17) is 15.2 Å². The molecule has 6 nitrogen and oxygen atoms in total. The van der Waals surface area contributed by atoms with E-state index < -0.39 is 0 Å². The maximum Gasteiger partial charge on any atom is 0.205 e. The summed E-state index contributed by atoms with van der Waals surface area (Å²) < 4.78 is 13.1. The number of hydrogen-bond donors (Lipinski definition) is 1. The first kappa shape index (κ1) is 14.3. The van der Waals surface area contributed by atoms with Gasteiger partial charge in [0.15, 0.2) is 0 Å². The quantitative estimate of drug-likeness (QED) is 0.849. The van der Waals surface area contributed by atoms with E-state index in [1.807, 2.05) is 19.3 Å². The van der Waals surface area contributed by atoms with E-state index in [0.29, 0.717) is 13.2 Å². The predicted octanol–water partition coefficient (Wildman–Crippen LogP) is 0.643. The second kappa shape index (κ2) is 6.36. The summed E-state index contributed by atoms with van der Waals surface area (Å²) in [6, 6.07) is 0.293. The van der Waals surface area contributed by atoms with Crippen LogP contribution < -0.4 is 10.6 Å². The van der Waals surface area contributed by atoms with Crippen LogP contribution in [0.4, 0.5) is 5.95 Å². The fourth-order valence-electron chi connectivity index (χ4n) is 2.39. The van der Waals surface area contributed by atoms with Crippen LogP contribution in [-0.4, -0.2) is 55.1 Å². The highest BCUT2D eigenvalue weighted by atomic mass is 16.5. The second-order valence-electron chi connectivity index (χ2n) is 5.15. The van der Waals surface area contributed by atoms with E-state index in [1.54, 1.807) is 7.11 Å². The molecule has 1 aliphatic heterocycles. The third kappa shape index (κ3) is 3.26. The van der Waals surface area contributed by atoms with Crippen LogP contribution in [0.25, 0.3) is 0 Å². The van der Waals surface area contributed by atoms with Crippen LogP contribution in [0.5, 0.6) is 0 Å². The van der Waals surface area contributed by atoms with Gasteiger partial charge in [0.2, 0.25) is 5.95 Å². The van der Waals surface area contributed by atoms with Crippen molar-refractivity contribution in [3.63, 3.8) is 0 Å². The summed E-state index contributed by atoms with van der Waals surface area (Å²) in [6.45, 7) is 7.10. The highest BCUT2D eigenvalue weighted by Gasteiger charge is 2.26. The highest BCUT2D eigenvalue weighted by Crippen LogP contribution is 2.20. The first-order chi connectivity index (χ1) is 9.13. The van der Waals surface area contributed by atoms with Gasteiger partial charge in [-0.2, -0.15) is 0 Å². The molecule has 1 fully saturated rings. The van der Waals surface area contributed by atoms with Gasteiger partial charge in [-0.05, 0) is 13.8 Å². The van der Waals surface area contributed by atoms with E-state index in [9.17, 15) is 0 Å². The molecule has 0 aromatic carbocycles. The summed E-state index contributed by atoms with van der Waals surface area (Å²) in [4.78, 5) is 6.71. The Labute approximate surface area is 114 Å². The van der Waals surface area contributed by atoms with Gasteiger partial charge in [-0.3, -0.25) is 0 Å². The zero-order chi connectivity index (χ0) is 13.8. The lowest BCUT2D eigenvalue weighted by molar-refractivity contribution is 0.0267. The smallest absolute Gasteiger partial charge is 0.205 e. The minimum absolute atomic E-state index is 0.0302. The van der Waals surface area contributed by atoms with Crippen LogP contribution in [0.15, 0.2) is 12.4 Å².